The first kappa shape index (κ1) is 19.4. The molecular formula is C21H28N2O5. The molecule has 0 N–H and O–H groups in total. The van der Waals surface area contributed by atoms with E-state index in [-0.39, 0.29) is 16.7 Å². The molecule has 7 heteroatoms. The summed E-state index contributed by atoms with van der Waals surface area (Å²) in [5.41, 5.74) is 0.936. The third-order valence-corrected chi connectivity index (χ3v) is 5.76. The molecule has 1 aliphatic heterocycles. The highest BCUT2D eigenvalue weighted by atomic mass is 16.7. The fraction of sp³-hybridized carbons (Fsp3) is 0.619. The molecule has 2 heterocycles. The van der Waals surface area contributed by atoms with Crippen molar-refractivity contribution in [2.45, 2.75) is 57.5 Å². The average Bonchev–Trinajstić information content (AvgIpc) is 3.29. The van der Waals surface area contributed by atoms with E-state index >= 15 is 0 Å². The molecule has 4 rings (SSSR count). The minimum Gasteiger partial charge on any atom is -0.378 e. The van der Waals surface area contributed by atoms with E-state index in [1.807, 2.05) is 16.8 Å². The van der Waals surface area contributed by atoms with Crippen LogP contribution >= 0.6 is 0 Å². The fourth-order valence-corrected chi connectivity index (χ4v) is 4.19. The Balaban J connectivity index is 1.29. The monoisotopic (exact) mass is 388 g/mol. The predicted octanol–water partition coefficient (Wildman–Crippen LogP) is 4.80. The van der Waals surface area contributed by atoms with Crippen molar-refractivity contribution in [3.8, 4) is 0 Å². The van der Waals surface area contributed by atoms with Crippen molar-refractivity contribution < 1.29 is 19.1 Å². The number of fused-ring (bicyclic) bond motifs is 1. The first-order chi connectivity index (χ1) is 13.7. The van der Waals surface area contributed by atoms with Gasteiger partial charge in [-0.15, -0.1) is 0 Å². The SMILES string of the molecule is O=[N+]([O-])c1ccc2c(ccn2C2OCC(COCC3CCCCCCC3)O2)c1. The van der Waals surface area contributed by atoms with Crippen LogP contribution in [0.2, 0.25) is 0 Å². The van der Waals surface area contributed by atoms with Gasteiger partial charge in [0.15, 0.2) is 0 Å². The molecule has 0 spiro atoms. The number of non-ortho nitro benzene ring substituents is 1. The summed E-state index contributed by atoms with van der Waals surface area (Å²) in [6, 6.07) is 6.64. The molecular weight excluding hydrogens is 360 g/mol. The van der Waals surface area contributed by atoms with Crippen LogP contribution in [0, 0.1) is 16.0 Å². The lowest BCUT2D eigenvalue weighted by atomic mass is 9.92. The first-order valence-corrected chi connectivity index (χ1v) is 10.3. The van der Waals surface area contributed by atoms with Gasteiger partial charge in [0.25, 0.3) is 5.69 Å². The summed E-state index contributed by atoms with van der Waals surface area (Å²) in [5, 5.41) is 11.7. The Morgan fingerprint density at radius 2 is 1.89 bits per heavy atom. The van der Waals surface area contributed by atoms with E-state index in [0.29, 0.717) is 19.1 Å². The van der Waals surface area contributed by atoms with Crippen molar-refractivity contribution in [1.82, 2.24) is 4.57 Å². The van der Waals surface area contributed by atoms with Gasteiger partial charge in [-0.3, -0.25) is 14.7 Å². The number of nitrogens with zero attached hydrogens (tertiary/aromatic N) is 2. The molecule has 2 aromatic rings. The lowest BCUT2D eigenvalue weighted by Gasteiger charge is -2.20. The number of hydrogen-bond acceptors (Lipinski definition) is 5. The standard InChI is InChI=1S/C21H28N2O5/c24-23(25)18-8-9-20-17(12-18)10-11-22(20)21-27-15-19(28-21)14-26-13-16-6-4-2-1-3-5-7-16/h8-12,16,19,21H,1-7,13-15H2. The van der Waals surface area contributed by atoms with E-state index in [1.165, 1.54) is 51.0 Å². The summed E-state index contributed by atoms with van der Waals surface area (Å²) in [6.45, 7) is 1.83. The second-order valence-electron chi connectivity index (χ2n) is 7.87. The predicted molar refractivity (Wildman–Crippen MR) is 105 cm³/mol. The molecule has 1 saturated carbocycles. The Morgan fingerprint density at radius 1 is 1.11 bits per heavy atom. The normalized spacial score (nSPS) is 24.3. The number of hydrogen-bond donors (Lipinski definition) is 0. The minimum atomic E-state index is -0.519. The summed E-state index contributed by atoms with van der Waals surface area (Å²) < 4.78 is 19.6. The maximum atomic E-state index is 10.9. The lowest BCUT2D eigenvalue weighted by molar-refractivity contribution is -0.384. The van der Waals surface area contributed by atoms with Crippen LogP contribution in [-0.4, -0.2) is 35.4 Å². The zero-order chi connectivity index (χ0) is 19.3. The van der Waals surface area contributed by atoms with Gasteiger partial charge in [-0.1, -0.05) is 32.1 Å². The number of aromatic nitrogens is 1. The van der Waals surface area contributed by atoms with Gasteiger partial charge in [0.05, 0.1) is 23.7 Å². The van der Waals surface area contributed by atoms with Crippen molar-refractivity contribution in [2.24, 2.45) is 5.92 Å². The zero-order valence-electron chi connectivity index (χ0n) is 16.1. The molecule has 1 aromatic carbocycles. The molecule has 2 fully saturated rings. The van der Waals surface area contributed by atoms with E-state index in [2.05, 4.69) is 0 Å². The number of nitro benzene ring substituents is 1. The topological polar surface area (TPSA) is 75.8 Å². The van der Waals surface area contributed by atoms with Crippen molar-refractivity contribution in [3.05, 3.63) is 40.6 Å². The zero-order valence-corrected chi connectivity index (χ0v) is 16.1. The molecule has 2 unspecified atom stereocenters. The molecule has 152 valence electrons. The molecule has 0 amide bonds. The van der Waals surface area contributed by atoms with Crippen molar-refractivity contribution >= 4 is 16.6 Å². The summed E-state index contributed by atoms with van der Waals surface area (Å²) in [5.74, 6) is 0.669. The van der Waals surface area contributed by atoms with Gasteiger partial charge in [-0.25, -0.2) is 0 Å². The smallest absolute Gasteiger partial charge is 0.270 e. The van der Waals surface area contributed by atoms with Crippen LogP contribution in [0.4, 0.5) is 5.69 Å². The molecule has 1 saturated heterocycles. The van der Waals surface area contributed by atoms with Crippen LogP contribution in [0.1, 0.15) is 51.4 Å². The summed E-state index contributed by atoms with van der Waals surface area (Å²) in [4.78, 5) is 10.6. The van der Waals surface area contributed by atoms with E-state index in [0.717, 1.165) is 17.5 Å². The Morgan fingerprint density at radius 3 is 2.68 bits per heavy atom. The summed E-state index contributed by atoms with van der Waals surface area (Å²) >= 11 is 0. The Kier molecular flexibility index (Phi) is 6.24. The number of rotatable bonds is 6. The van der Waals surface area contributed by atoms with Gasteiger partial charge in [0, 0.05) is 30.3 Å². The molecule has 7 nitrogen and oxygen atoms in total. The second-order valence-corrected chi connectivity index (χ2v) is 7.87. The maximum absolute atomic E-state index is 10.9. The second kappa shape index (κ2) is 9.03. The lowest BCUT2D eigenvalue weighted by Crippen LogP contribution is -2.21. The third-order valence-electron chi connectivity index (χ3n) is 5.76. The highest BCUT2D eigenvalue weighted by molar-refractivity contribution is 5.82. The molecule has 2 aliphatic rings. The van der Waals surface area contributed by atoms with Gasteiger partial charge in [0.2, 0.25) is 6.41 Å². The van der Waals surface area contributed by atoms with Crippen LogP contribution in [0.15, 0.2) is 30.5 Å². The molecule has 2 atom stereocenters. The van der Waals surface area contributed by atoms with Gasteiger partial charge in [-0.05, 0) is 30.9 Å². The van der Waals surface area contributed by atoms with Gasteiger partial charge in [0.1, 0.15) is 6.10 Å². The first-order valence-electron chi connectivity index (χ1n) is 10.3. The van der Waals surface area contributed by atoms with Crippen LogP contribution in [0.5, 0.6) is 0 Å². The van der Waals surface area contributed by atoms with Crippen molar-refractivity contribution in [1.29, 1.82) is 0 Å². The highest BCUT2D eigenvalue weighted by Crippen LogP contribution is 2.29. The van der Waals surface area contributed by atoms with E-state index in [4.69, 9.17) is 14.2 Å². The molecule has 0 radical (unpaired) electrons. The Labute approximate surface area is 164 Å². The van der Waals surface area contributed by atoms with E-state index in [1.54, 1.807) is 12.1 Å². The third kappa shape index (κ3) is 4.54. The van der Waals surface area contributed by atoms with Crippen molar-refractivity contribution in [3.63, 3.8) is 0 Å². The van der Waals surface area contributed by atoms with Crippen LogP contribution < -0.4 is 0 Å². The number of benzene rings is 1. The average molecular weight is 388 g/mol. The number of nitro groups is 1. The van der Waals surface area contributed by atoms with Crippen LogP contribution in [0.25, 0.3) is 10.9 Å². The van der Waals surface area contributed by atoms with Crippen LogP contribution in [0.3, 0.4) is 0 Å². The van der Waals surface area contributed by atoms with Gasteiger partial charge in [-0.2, -0.15) is 0 Å². The summed E-state index contributed by atoms with van der Waals surface area (Å²) in [6.07, 6.45) is 10.5. The quantitative estimate of drug-likeness (QED) is 0.525. The molecule has 1 aliphatic carbocycles. The summed E-state index contributed by atoms with van der Waals surface area (Å²) in [7, 11) is 0. The minimum absolute atomic E-state index is 0.0824. The number of ether oxygens (including phenoxy) is 3. The Hall–Kier alpha value is -1.96. The largest absolute Gasteiger partial charge is 0.378 e. The van der Waals surface area contributed by atoms with Crippen LogP contribution in [-0.2, 0) is 14.2 Å². The highest BCUT2D eigenvalue weighted by Gasteiger charge is 2.28. The fourth-order valence-electron chi connectivity index (χ4n) is 4.19. The van der Waals surface area contributed by atoms with Crippen molar-refractivity contribution in [2.75, 3.05) is 19.8 Å². The molecule has 0 bridgehead atoms. The van der Waals surface area contributed by atoms with Gasteiger partial charge < -0.3 is 14.2 Å². The van der Waals surface area contributed by atoms with E-state index in [9.17, 15) is 10.1 Å². The molecule has 28 heavy (non-hydrogen) atoms. The van der Waals surface area contributed by atoms with E-state index < -0.39 is 6.41 Å². The Bertz CT molecular complexity index is 797. The maximum Gasteiger partial charge on any atom is 0.270 e. The molecule has 1 aromatic heterocycles. The van der Waals surface area contributed by atoms with Gasteiger partial charge >= 0.3 is 0 Å².